The Morgan fingerprint density at radius 3 is 2.88 bits per heavy atom. The third-order valence-corrected chi connectivity index (χ3v) is 3.73. The highest BCUT2D eigenvalue weighted by atomic mass is 79.9. The van der Waals surface area contributed by atoms with Crippen LogP contribution < -0.4 is 10.5 Å². The van der Waals surface area contributed by atoms with Gasteiger partial charge in [0.2, 0.25) is 0 Å². The molecule has 1 aromatic carbocycles. The van der Waals surface area contributed by atoms with Crippen molar-refractivity contribution in [3.05, 3.63) is 50.6 Å². The summed E-state index contributed by atoms with van der Waals surface area (Å²) in [4.78, 5) is 0. The first-order chi connectivity index (χ1) is 7.79. The average Bonchev–Trinajstić information content (AvgIpc) is 2.81. The summed E-state index contributed by atoms with van der Waals surface area (Å²) in [5.41, 5.74) is 7.88. The van der Waals surface area contributed by atoms with Crippen LogP contribution in [0.4, 0.5) is 0 Å². The molecule has 0 unspecified atom stereocenters. The van der Waals surface area contributed by atoms with Gasteiger partial charge >= 0.3 is 0 Å². The molecule has 1 heterocycles. The zero-order valence-electron chi connectivity index (χ0n) is 8.65. The Bertz CT molecular complexity index is 456. The molecule has 0 saturated carbocycles. The van der Waals surface area contributed by atoms with Crippen LogP contribution in [0.3, 0.4) is 0 Å². The molecule has 2 nitrogen and oxygen atoms in total. The Morgan fingerprint density at radius 1 is 1.31 bits per heavy atom. The van der Waals surface area contributed by atoms with Crippen molar-refractivity contribution >= 4 is 27.3 Å². The van der Waals surface area contributed by atoms with Crippen LogP contribution in [0.25, 0.3) is 0 Å². The number of nitrogens with two attached hydrogens (primary N) is 1. The standard InChI is InChI=1S/C12H12BrNOS/c13-12-2-1-11(5-10(12)6-14)15-7-9-3-4-16-8-9/h1-5,8H,6-7,14H2. The minimum atomic E-state index is 0.510. The smallest absolute Gasteiger partial charge is 0.120 e. The van der Waals surface area contributed by atoms with E-state index in [0.29, 0.717) is 13.2 Å². The van der Waals surface area contributed by atoms with Gasteiger partial charge in [-0.15, -0.1) is 0 Å². The molecular formula is C12H12BrNOS. The summed E-state index contributed by atoms with van der Waals surface area (Å²) in [6.45, 7) is 1.12. The van der Waals surface area contributed by atoms with Crippen LogP contribution >= 0.6 is 27.3 Å². The fourth-order valence-corrected chi connectivity index (χ4v) is 2.40. The van der Waals surface area contributed by atoms with Gasteiger partial charge in [0, 0.05) is 11.0 Å². The van der Waals surface area contributed by atoms with Crippen molar-refractivity contribution in [2.45, 2.75) is 13.2 Å². The van der Waals surface area contributed by atoms with Gasteiger partial charge in [-0.3, -0.25) is 0 Å². The maximum atomic E-state index is 5.68. The molecule has 0 aliphatic carbocycles. The first kappa shape index (κ1) is 11.6. The molecule has 4 heteroatoms. The van der Waals surface area contributed by atoms with Crippen molar-refractivity contribution in [3.63, 3.8) is 0 Å². The lowest BCUT2D eigenvalue weighted by atomic mass is 10.2. The molecule has 84 valence electrons. The Kier molecular flexibility index (Phi) is 3.98. The summed E-state index contributed by atoms with van der Waals surface area (Å²) in [6, 6.07) is 7.94. The van der Waals surface area contributed by atoms with Crippen LogP contribution in [0.2, 0.25) is 0 Å². The predicted octanol–water partition coefficient (Wildman–Crippen LogP) is 3.55. The van der Waals surface area contributed by atoms with Crippen molar-refractivity contribution < 1.29 is 4.74 Å². The molecule has 0 amide bonds. The van der Waals surface area contributed by atoms with E-state index in [4.69, 9.17) is 10.5 Å². The molecule has 0 spiro atoms. The zero-order valence-corrected chi connectivity index (χ0v) is 11.1. The maximum Gasteiger partial charge on any atom is 0.120 e. The van der Waals surface area contributed by atoms with E-state index in [1.54, 1.807) is 11.3 Å². The van der Waals surface area contributed by atoms with Gasteiger partial charge < -0.3 is 10.5 Å². The third kappa shape index (κ3) is 2.84. The van der Waals surface area contributed by atoms with Gasteiger partial charge in [0.25, 0.3) is 0 Å². The predicted molar refractivity (Wildman–Crippen MR) is 70.7 cm³/mol. The SMILES string of the molecule is NCc1cc(OCc2ccsc2)ccc1Br. The summed E-state index contributed by atoms with van der Waals surface area (Å²) in [5, 5.41) is 4.13. The van der Waals surface area contributed by atoms with Gasteiger partial charge in [0.15, 0.2) is 0 Å². The Hall–Kier alpha value is -0.840. The number of rotatable bonds is 4. The van der Waals surface area contributed by atoms with Crippen LogP contribution in [-0.4, -0.2) is 0 Å². The Balaban J connectivity index is 2.04. The van der Waals surface area contributed by atoms with Crippen molar-refractivity contribution in [1.29, 1.82) is 0 Å². The fraction of sp³-hybridized carbons (Fsp3) is 0.167. The summed E-state index contributed by atoms with van der Waals surface area (Å²) in [5.74, 6) is 0.856. The molecule has 2 N–H and O–H groups in total. The van der Waals surface area contributed by atoms with Crippen molar-refractivity contribution in [2.75, 3.05) is 0 Å². The molecule has 0 radical (unpaired) electrons. The second-order valence-electron chi connectivity index (χ2n) is 3.38. The van der Waals surface area contributed by atoms with Gasteiger partial charge in [0.05, 0.1) is 0 Å². The van der Waals surface area contributed by atoms with Gasteiger partial charge in [-0.05, 0) is 46.2 Å². The van der Waals surface area contributed by atoms with E-state index in [1.165, 1.54) is 5.56 Å². The molecule has 0 saturated heterocycles. The van der Waals surface area contributed by atoms with E-state index in [-0.39, 0.29) is 0 Å². The van der Waals surface area contributed by atoms with Crippen molar-refractivity contribution in [2.24, 2.45) is 5.73 Å². The number of thiophene rings is 1. The summed E-state index contributed by atoms with van der Waals surface area (Å²) in [6.07, 6.45) is 0. The summed E-state index contributed by atoms with van der Waals surface area (Å²) >= 11 is 5.12. The number of hydrogen-bond acceptors (Lipinski definition) is 3. The van der Waals surface area contributed by atoms with E-state index in [0.717, 1.165) is 15.8 Å². The molecule has 0 aliphatic heterocycles. The lowest BCUT2D eigenvalue weighted by Crippen LogP contribution is -1.99. The molecule has 0 fully saturated rings. The van der Waals surface area contributed by atoms with Gasteiger partial charge in [-0.25, -0.2) is 0 Å². The van der Waals surface area contributed by atoms with E-state index in [2.05, 4.69) is 27.4 Å². The fourth-order valence-electron chi connectivity index (χ4n) is 1.34. The van der Waals surface area contributed by atoms with Crippen molar-refractivity contribution in [3.8, 4) is 5.75 Å². The summed E-state index contributed by atoms with van der Waals surface area (Å²) < 4.78 is 6.70. The number of ether oxygens (including phenoxy) is 1. The third-order valence-electron chi connectivity index (χ3n) is 2.22. The van der Waals surface area contributed by atoms with E-state index in [9.17, 15) is 0 Å². The molecule has 16 heavy (non-hydrogen) atoms. The molecule has 0 atom stereocenters. The van der Waals surface area contributed by atoms with Gasteiger partial charge in [-0.2, -0.15) is 11.3 Å². The Morgan fingerprint density at radius 2 is 2.19 bits per heavy atom. The highest BCUT2D eigenvalue weighted by Gasteiger charge is 2.01. The first-order valence-electron chi connectivity index (χ1n) is 4.92. The molecule has 0 bridgehead atoms. The minimum Gasteiger partial charge on any atom is -0.489 e. The molecular weight excluding hydrogens is 286 g/mol. The van der Waals surface area contributed by atoms with Crippen molar-refractivity contribution in [1.82, 2.24) is 0 Å². The van der Waals surface area contributed by atoms with Crippen LogP contribution in [0.1, 0.15) is 11.1 Å². The summed E-state index contributed by atoms with van der Waals surface area (Å²) in [7, 11) is 0. The Labute approximate surface area is 107 Å². The quantitative estimate of drug-likeness (QED) is 0.937. The van der Waals surface area contributed by atoms with E-state index >= 15 is 0 Å². The number of hydrogen-bond donors (Lipinski definition) is 1. The van der Waals surface area contributed by atoms with Crippen LogP contribution in [0.5, 0.6) is 5.75 Å². The van der Waals surface area contributed by atoms with Crippen LogP contribution in [-0.2, 0) is 13.2 Å². The second kappa shape index (κ2) is 5.48. The van der Waals surface area contributed by atoms with E-state index in [1.807, 2.05) is 23.6 Å². The highest BCUT2D eigenvalue weighted by molar-refractivity contribution is 9.10. The highest BCUT2D eigenvalue weighted by Crippen LogP contribution is 2.23. The zero-order chi connectivity index (χ0) is 11.4. The molecule has 2 rings (SSSR count). The van der Waals surface area contributed by atoms with Crippen LogP contribution in [0, 0.1) is 0 Å². The molecule has 1 aromatic heterocycles. The minimum absolute atomic E-state index is 0.510. The average molecular weight is 298 g/mol. The lowest BCUT2D eigenvalue weighted by molar-refractivity contribution is 0.306. The first-order valence-corrected chi connectivity index (χ1v) is 6.65. The van der Waals surface area contributed by atoms with Crippen LogP contribution in [0.15, 0.2) is 39.5 Å². The number of halogens is 1. The molecule has 0 aliphatic rings. The maximum absolute atomic E-state index is 5.68. The normalized spacial score (nSPS) is 10.4. The number of benzene rings is 1. The second-order valence-corrected chi connectivity index (χ2v) is 5.01. The topological polar surface area (TPSA) is 35.2 Å². The van der Waals surface area contributed by atoms with Gasteiger partial charge in [0.1, 0.15) is 12.4 Å². The largest absolute Gasteiger partial charge is 0.489 e. The monoisotopic (exact) mass is 297 g/mol. The van der Waals surface area contributed by atoms with Gasteiger partial charge in [-0.1, -0.05) is 15.9 Å². The van der Waals surface area contributed by atoms with E-state index < -0.39 is 0 Å². The lowest BCUT2D eigenvalue weighted by Gasteiger charge is -2.07. The molecule has 2 aromatic rings.